The third kappa shape index (κ3) is 25.1. The molecule has 0 aromatic heterocycles. The molecule has 0 heterocycles. The molecule has 0 aromatic rings. The molecule has 1 amide bonds. The summed E-state index contributed by atoms with van der Waals surface area (Å²) in [7, 11) is 0. The highest BCUT2D eigenvalue weighted by Gasteiger charge is 2.21. The van der Waals surface area contributed by atoms with Crippen molar-refractivity contribution in [1.82, 2.24) is 5.32 Å². The Kier molecular flexibility index (Phi) is 27.0. The average molecular weight is 503 g/mol. The van der Waals surface area contributed by atoms with Crippen LogP contribution in [0.5, 0.6) is 0 Å². The molecule has 2 unspecified atom stereocenters. The maximum atomic E-state index is 11.8. The lowest BCUT2D eigenvalue weighted by Gasteiger charge is -2.15. The van der Waals surface area contributed by atoms with Gasteiger partial charge in [-0.3, -0.25) is 4.79 Å². The lowest BCUT2D eigenvalue weighted by Crippen LogP contribution is -2.41. The number of hydrogen-bond acceptors (Lipinski definition) is 6. The number of ether oxygens (including phenoxy) is 2. The molecule has 0 aromatic carbocycles. The molecular weight excluding hydrogens is 448 g/mol. The summed E-state index contributed by atoms with van der Waals surface area (Å²) in [4.78, 5) is 33.8. The van der Waals surface area contributed by atoms with Gasteiger partial charge in [-0.25, -0.2) is 9.59 Å². The zero-order valence-electron chi connectivity index (χ0n) is 22.9. The Balaban J connectivity index is 0. The van der Waals surface area contributed by atoms with Crippen molar-refractivity contribution in [2.24, 2.45) is 5.73 Å². The first kappa shape index (κ1) is 35.3. The first-order valence-electron chi connectivity index (χ1n) is 13.9. The van der Waals surface area contributed by atoms with Crippen molar-refractivity contribution in [3.05, 3.63) is 0 Å². The number of esters is 2. The summed E-state index contributed by atoms with van der Waals surface area (Å²) in [6, 6.07) is -1.15. The third-order valence-electron chi connectivity index (χ3n) is 5.58. The van der Waals surface area contributed by atoms with Gasteiger partial charge in [0, 0.05) is 0 Å². The van der Waals surface area contributed by atoms with Crippen molar-refractivity contribution in [2.75, 3.05) is 13.2 Å². The van der Waals surface area contributed by atoms with Crippen molar-refractivity contribution in [1.29, 1.82) is 0 Å². The highest BCUT2D eigenvalue weighted by molar-refractivity contribution is 5.80. The van der Waals surface area contributed by atoms with Crippen LogP contribution in [0.15, 0.2) is 0 Å². The van der Waals surface area contributed by atoms with Gasteiger partial charge in [0.05, 0.1) is 13.2 Å². The number of rotatable bonds is 21. The topological polar surface area (TPSA) is 128 Å². The van der Waals surface area contributed by atoms with Crippen LogP contribution in [0.3, 0.4) is 0 Å². The maximum absolute atomic E-state index is 11.8. The molecule has 0 rings (SSSR count). The van der Waals surface area contributed by atoms with E-state index in [-0.39, 0.29) is 5.97 Å². The molecule has 0 saturated heterocycles. The summed E-state index contributed by atoms with van der Waals surface area (Å²) in [6.45, 7) is 9.39. The van der Waals surface area contributed by atoms with E-state index in [4.69, 9.17) is 20.3 Å². The van der Waals surface area contributed by atoms with E-state index in [1.165, 1.54) is 12.8 Å². The lowest BCUT2D eigenvalue weighted by molar-refractivity contribution is -0.146. The van der Waals surface area contributed by atoms with Crippen LogP contribution < -0.4 is 11.1 Å². The largest absolute Gasteiger partial charge is 0.465 e. The number of carboxylic acid groups (broad SMARTS) is 1. The van der Waals surface area contributed by atoms with Gasteiger partial charge in [0.1, 0.15) is 12.1 Å². The van der Waals surface area contributed by atoms with Crippen molar-refractivity contribution in [3.8, 4) is 0 Å². The quantitative estimate of drug-likeness (QED) is 0.123. The van der Waals surface area contributed by atoms with Gasteiger partial charge in [-0.15, -0.1) is 0 Å². The number of unbranched alkanes of at least 4 members (excludes halogenated alkanes) is 10. The molecule has 0 aliphatic rings. The molecule has 0 fully saturated rings. The summed E-state index contributed by atoms with van der Waals surface area (Å²) < 4.78 is 10.2. The fourth-order valence-corrected chi connectivity index (χ4v) is 3.34. The first-order valence-corrected chi connectivity index (χ1v) is 13.9. The van der Waals surface area contributed by atoms with Gasteiger partial charge in [-0.1, -0.05) is 105 Å². The van der Waals surface area contributed by atoms with Gasteiger partial charge in [-0.05, 0) is 25.7 Å². The van der Waals surface area contributed by atoms with E-state index in [2.05, 4.69) is 33.0 Å². The summed E-state index contributed by atoms with van der Waals surface area (Å²) in [5.74, 6) is -0.678. The zero-order chi connectivity index (χ0) is 26.7. The molecule has 0 radical (unpaired) electrons. The Bertz CT molecular complexity index is 516. The highest BCUT2D eigenvalue weighted by atomic mass is 16.5. The molecule has 35 heavy (non-hydrogen) atoms. The Morgan fingerprint density at radius 2 is 1.09 bits per heavy atom. The number of hydrogen-bond donors (Lipinski definition) is 3. The van der Waals surface area contributed by atoms with Crippen LogP contribution in [0.25, 0.3) is 0 Å². The van der Waals surface area contributed by atoms with Crippen LogP contribution in [-0.4, -0.2) is 48.4 Å². The van der Waals surface area contributed by atoms with Crippen LogP contribution >= 0.6 is 0 Å². The van der Waals surface area contributed by atoms with Crippen LogP contribution in [0.1, 0.15) is 130 Å². The molecule has 208 valence electrons. The predicted octanol–water partition coefficient (Wildman–Crippen LogP) is 6.34. The van der Waals surface area contributed by atoms with Gasteiger partial charge in [0.2, 0.25) is 0 Å². The molecule has 8 heteroatoms. The molecule has 2 atom stereocenters. The number of nitrogens with two attached hydrogens (primary N) is 1. The van der Waals surface area contributed by atoms with E-state index in [1.807, 2.05) is 0 Å². The van der Waals surface area contributed by atoms with E-state index < -0.39 is 24.1 Å². The van der Waals surface area contributed by atoms with E-state index in [9.17, 15) is 14.4 Å². The minimum absolute atomic E-state index is 0.229. The van der Waals surface area contributed by atoms with Crippen molar-refractivity contribution in [2.45, 2.75) is 143 Å². The standard InChI is InChI=1S/C14H27NO4.C13H27NO2/c1-3-5-7-9-11-19-13(16)12(15-14(17)18)10-8-6-4-2;1-3-5-7-9-11-16-13(15)12(14)10-8-6-4-2/h12,15H,3-11H2,1-2H3,(H,17,18);12H,3-11,14H2,1-2H3. The minimum Gasteiger partial charge on any atom is -0.465 e. The normalized spacial score (nSPS) is 12.1. The third-order valence-corrected chi connectivity index (χ3v) is 5.58. The van der Waals surface area contributed by atoms with Gasteiger partial charge in [0.15, 0.2) is 0 Å². The molecular formula is C27H54N2O6. The molecule has 4 N–H and O–H groups in total. The average Bonchev–Trinajstić information content (AvgIpc) is 2.83. The number of amides is 1. The van der Waals surface area contributed by atoms with Crippen LogP contribution in [-0.2, 0) is 19.1 Å². The van der Waals surface area contributed by atoms with E-state index in [1.54, 1.807) is 0 Å². The second-order valence-electron chi connectivity index (χ2n) is 9.06. The number of nitrogens with one attached hydrogen (secondary N) is 1. The molecule has 0 aliphatic heterocycles. The number of carbonyl (C=O) groups excluding carboxylic acids is 2. The molecule has 0 saturated carbocycles. The van der Waals surface area contributed by atoms with Gasteiger partial charge in [-0.2, -0.15) is 0 Å². The van der Waals surface area contributed by atoms with Gasteiger partial charge < -0.3 is 25.6 Å². The monoisotopic (exact) mass is 502 g/mol. The fourth-order valence-electron chi connectivity index (χ4n) is 3.34. The Morgan fingerprint density at radius 1 is 0.657 bits per heavy atom. The zero-order valence-corrected chi connectivity index (χ0v) is 22.9. The molecule has 8 nitrogen and oxygen atoms in total. The lowest BCUT2D eigenvalue weighted by atomic mass is 10.1. The van der Waals surface area contributed by atoms with E-state index >= 15 is 0 Å². The highest BCUT2D eigenvalue weighted by Crippen LogP contribution is 2.07. The van der Waals surface area contributed by atoms with E-state index in [0.717, 1.165) is 83.5 Å². The summed E-state index contributed by atoms with van der Waals surface area (Å²) in [5, 5.41) is 10.9. The molecule has 0 bridgehead atoms. The summed E-state index contributed by atoms with van der Waals surface area (Å²) >= 11 is 0. The molecule has 0 aliphatic carbocycles. The Labute approximate surface area is 214 Å². The smallest absolute Gasteiger partial charge is 0.405 e. The van der Waals surface area contributed by atoms with Crippen LogP contribution in [0, 0.1) is 0 Å². The van der Waals surface area contributed by atoms with Gasteiger partial charge in [0.25, 0.3) is 0 Å². The minimum atomic E-state index is -1.18. The predicted molar refractivity (Wildman–Crippen MR) is 141 cm³/mol. The summed E-state index contributed by atoms with van der Waals surface area (Å²) in [6.07, 6.45) is 14.9. The maximum Gasteiger partial charge on any atom is 0.405 e. The first-order chi connectivity index (χ1) is 16.8. The molecule has 0 spiro atoms. The van der Waals surface area contributed by atoms with Crippen molar-refractivity contribution >= 4 is 18.0 Å². The van der Waals surface area contributed by atoms with Crippen molar-refractivity contribution in [3.63, 3.8) is 0 Å². The van der Waals surface area contributed by atoms with E-state index in [0.29, 0.717) is 19.6 Å². The summed E-state index contributed by atoms with van der Waals surface area (Å²) in [5.41, 5.74) is 5.72. The second-order valence-corrected chi connectivity index (χ2v) is 9.06. The van der Waals surface area contributed by atoms with Gasteiger partial charge >= 0.3 is 18.0 Å². The van der Waals surface area contributed by atoms with Crippen molar-refractivity contribution < 1.29 is 29.0 Å². The Morgan fingerprint density at radius 3 is 1.54 bits per heavy atom. The fraction of sp³-hybridized carbons (Fsp3) is 0.889. The Hall–Kier alpha value is -1.83. The van der Waals surface area contributed by atoms with Crippen LogP contribution in [0.4, 0.5) is 4.79 Å². The number of carbonyl (C=O) groups is 3. The second kappa shape index (κ2) is 26.8. The SMILES string of the molecule is CCCCCCOC(=O)C(CCCCC)NC(=O)O.CCCCCCOC(=O)C(N)CCCCC. The van der Waals surface area contributed by atoms with Crippen LogP contribution in [0.2, 0.25) is 0 Å².